The second kappa shape index (κ2) is 7.24. The molecule has 1 saturated heterocycles. The number of hydrogen-bond donors (Lipinski definition) is 1. The Morgan fingerprint density at radius 3 is 2.90 bits per heavy atom. The SMILES string of the molecule is CN(Cc1ccc(Cl)s1)C(=O)CN1CCC[C@@H](C(=O)O)C1. The van der Waals surface area contributed by atoms with E-state index in [1.807, 2.05) is 17.0 Å². The van der Waals surface area contributed by atoms with E-state index < -0.39 is 5.97 Å². The Balaban J connectivity index is 1.84. The molecule has 5 nitrogen and oxygen atoms in total. The van der Waals surface area contributed by atoms with Crippen LogP contribution in [0, 0.1) is 5.92 Å². The summed E-state index contributed by atoms with van der Waals surface area (Å²) < 4.78 is 0.714. The first kappa shape index (κ1) is 16.3. The van der Waals surface area contributed by atoms with Gasteiger partial charge in [-0.05, 0) is 31.5 Å². The lowest BCUT2D eigenvalue weighted by Crippen LogP contribution is -2.44. The van der Waals surface area contributed by atoms with Crippen molar-refractivity contribution in [2.45, 2.75) is 19.4 Å². The Bertz CT molecular complexity index is 520. The summed E-state index contributed by atoms with van der Waals surface area (Å²) >= 11 is 7.34. The molecule has 0 unspecified atom stereocenters. The fourth-order valence-corrected chi connectivity index (χ4v) is 3.61. The van der Waals surface area contributed by atoms with Crippen LogP contribution in [-0.2, 0) is 16.1 Å². The van der Waals surface area contributed by atoms with Crippen LogP contribution in [0.2, 0.25) is 4.34 Å². The van der Waals surface area contributed by atoms with Gasteiger partial charge < -0.3 is 10.0 Å². The molecule has 0 spiro atoms. The third kappa shape index (κ3) is 4.69. The van der Waals surface area contributed by atoms with E-state index in [1.165, 1.54) is 11.3 Å². The molecule has 2 heterocycles. The summed E-state index contributed by atoms with van der Waals surface area (Å²) in [5, 5.41) is 9.06. The van der Waals surface area contributed by atoms with E-state index in [9.17, 15) is 9.59 Å². The van der Waals surface area contributed by atoms with Crippen molar-refractivity contribution in [2.24, 2.45) is 5.92 Å². The monoisotopic (exact) mass is 330 g/mol. The summed E-state index contributed by atoms with van der Waals surface area (Å²) in [6.07, 6.45) is 1.53. The molecular weight excluding hydrogens is 312 g/mol. The van der Waals surface area contributed by atoms with Crippen molar-refractivity contribution in [3.8, 4) is 0 Å². The van der Waals surface area contributed by atoms with Crippen molar-refractivity contribution in [1.82, 2.24) is 9.80 Å². The first-order valence-electron chi connectivity index (χ1n) is 6.89. The smallest absolute Gasteiger partial charge is 0.307 e. The van der Waals surface area contributed by atoms with Gasteiger partial charge in [-0.25, -0.2) is 0 Å². The second-order valence-corrected chi connectivity index (χ2v) is 7.17. The number of carboxylic acid groups (broad SMARTS) is 1. The Labute approximate surface area is 133 Å². The maximum Gasteiger partial charge on any atom is 0.307 e. The van der Waals surface area contributed by atoms with Crippen LogP contribution in [0.4, 0.5) is 0 Å². The minimum Gasteiger partial charge on any atom is -0.481 e. The lowest BCUT2D eigenvalue weighted by molar-refractivity contribution is -0.144. The van der Waals surface area contributed by atoms with Gasteiger partial charge >= 0.3 is 5.97 Å². The van der Waals surface area contributed by atoms with Gasteiger partial charge in [0.15, 0.2) is 0 Å². The number of aliphatic carboxylic acids is 1. The predicted octanol–water partition coefficient (Wildman–Crippen LogP) is 2.16. The number of carboxylic acids is 1. The lowest BCUT2D eigenvalue weighted by atomic mass is 9.98. The fourth-order valence-electron chi connectivity index (χ4n) is 2.47. The fraction of sp³-hybridized carbons (Fsp3) is 0.571. The molecular formula is C14H19ClN2O3S. The minimum absolute atomic E-state index is 0.00515. The molecule has 0 aliphatic carbocycles. The van der Waals surface area contributed by atoms with E-state index in [-0.39, 0.29) is 18.4 Å². The predicted molar refractivity (Wildman–Crippen MR) is 82.6 cm³/mol. The second-order valence-electron chi connectivity index (χ2n) is 5.37. The third-order valence-electron chi connectivity index (χ3n) is 3.66. The van der Waals surface area contributed by atoms with E-state index in [0.717, 1.165) is 17.8 Å². The number of likely N-dealkylation sites (N-methyl/N-ethyl adjacent to an activating group) is 1. The number of piperidine rings is 1. The molecule has 1 aliphatic heterocycles. The molecule has 1 amide bonds. The van der Waals surface area contributed by atoms with Crippen molar-refractivity contribution in [1.29, 1.82) is 0 Å². The van der Waals surface area contributed by atoms with Gasteiger partial charge in [-0.2, -0.15) is 0 Å². The van der Waals surface area contributed by atoms with Crippen LogP contribution in [0.25, 0.3) is 0 Å². The summed E-state index contributed by atoms with van der Waals surface area (Å²) in [7, 11) is 1.76. The normalized spacial score (nSPS) is 19.4. The molecule has 116 valence electrons. The molecule has 0 saturated carbocycles. The van der Waals surface area contributed by atoms with Crippen molar-refractivity contribution in [3.05, 3.63) is 21.3 Å². The van der Waals surface area contributed by atoms with Gasteiger partial charge in [0.1, 0.15) is 0 Å². The zero-order valence-electron chi connectivity index (χ0n) is 11.9. The summed E-state index contributed by atoms with van der Waals surface area (Å²) in [4.78, 5) is 27.9. The third-order valence-corrected chi connectivity index (χ3v) is 4.88. The van der Waals surface area contributed by atoms with Crippen LogP contribution in [-0.4, -0.2) is 53.5 Å². The van der Waals surface area contributed by atoms with Gasteiger partial charge in [0.25, 0.3) is 0 Å². The summed E-state index contributed by atoms with van der Waals surface area (Å²) in [5.74, 6) is -1.12. The topological polar surface area (TPSA) is 60.9 Å². The Morgan fingerprint density at radius 1 is 1.52 bits per heavy atom. The van der Waals surface area contributed by atoms with Crippen LogP contribution < -0.4 is 0 Å². The van der Waals surface area contributed by atoms with Gasteiger partial charge in [0.05, 0.1) is 23.3 Å². The first-order valence-corrected chi connectivity index (χ1v) is 8.08. The quantitative estimate of drug-likeness (QED) is 0.898. The Morgan fingerprint density at radius 2 is 2.29 bits per heavy atom. The van der Waals surface area contributed by atoms with Crippen molar-refractivity contribution in [2.75, 3.05) is 26.7 Å². The number of carbonyl (C=O) groups excluding carboxylic acids is 1. The highest BCUT2D eigenvalue weighted by atomic mass is 35.5. The van der Waals surface area contributed by atoms with E-state index in [1.54, 1.807) is 11.9 Å². The van der Waals surface area contributed by atoms with Crippen molar-refractivity contribution < 1.29 is 14.7 Å². The average molecular weight is 331 g/mol. The van der Waals surface area contributed by atoms with Crippen LogP contribution in [0.5, 0.6) is 0 Å². The number of hydrogen-bond acceptors (Lipinski definition) is 4. The zero-order chi connectivity index (χ0) is 15.4. The molecule has 0 aromatic carbocycles. The summed E-state index contributed by atoms with van der Waals surface area (Å²) in [6, 6.07) is 3.74. The molecule has 21 heavy (non-hydrogen) atoms. The molecule has 2 rings (SSSR count). The number of amides is 1. The molecule has 1 fully saturated rings. The molecule has 1 aliphatic rings. The van der Waals surface area contributed by atoms with Crippen molar-refractivity contribution >= 4 is 34.8 Å². The maximum atomic E-state index is 12.2. The largest absolute Gasteiger partial charge is 0.481 e. The minimum atomic E-state index is -0.770. The molecule has 0 radical (unpaired) electrons. The highest BCUT2D eigenvalue weighted by molar-refractivity contribution is 7.16. The van der Waals surface area contributed by atoms with E-state index in [0.29, 0.717) is 23.8 Å². The number of carbonyl (C=O) groups is 2. The number of halogens is 1. The molecule has 1 aromatic rings. The first-order chi connectivity index (χ1) is 9.95. The van der Waals surface area contributed by atoms with Crippen LogP contribution in [0.3, 0.4) is 0 Å². The van der Waals surface area contributed by atoms with E-state index >= 15 is 0 Å². The standard InChI is InChI=1S/C14H19ClN2O3S/c1-16(8-11-4-5-12(15)21-11)13(18)9-17-6-2-3-10(7-17)14(19)20/h4-5,10H,2-3,6-9H2,1H3,(H,19,20)/t10-/m1/s1. The van der Waals surface area contributed by atoms with Gasteiger partial charge in [0, 0.05) is 18.5 Å². The number of nitrogens with zero attached hydrogens (tertiary/aromatic N) is 2. The molecule has 1 aromatic heterocycles. The Hall–Kier alpha value is -1.11. The lowest BCUT2D eigenvalue weighted by Gasteiger charge is -2.31. The van der Waals surface area contributed by atoms with Crippen LogP contribution in [0.15, 0.2) is 12.1 Å². The molecule has 7 heteroatoms. The molecule has 1 N–H and O–H groups in total. The molecule has 1 atom stereocenters. The number of likely N-dealkylation sites (tertiary alicyclic amines) is 1. The Kier molecular flexibility index (Phi) is 5.61. The highest BCUT2D eigenvalue weighted by Gasteiger charge is 2.27. The number of rotatable bonds is 5. The average Bonchev–Trinajstić information content (AvgIpc) is 2.84. The van der Waals surface area contributed by atoms with Crippen LogP contribution >= 0.6 is 22.9 Å². The zero-order valence-corrected chi connectivity index (χ0v) is 13.5. The van der Waals surface area contributed by atoms with Crippen molar-refractivity contribution in [3.63, 3.8) is 0 Å². The summed E-state index contributed by atoms with van der Waals surface area (Å²) in [5.41, 5.74) is 0. The molecule has 0 bridgehead atoms. The van der Waals surface area contributed by atoms with E-state index in [2.05, 4.69) is 0 Å². The van der Waals surface area contributed by atoms with Gasteiger partial charge in [-0.15, -0.1) is 11.3 Å². The van der Waals surface area contributed by atoms with E-state index in [4.69, 9.17) is 16.7 Å². The van der Waals surface area contributed by atoms with Gasteiger partial charge in [-0.1, -0.05) is 11.6 Å². The van der Waals surface area contributed by atoms with Crippen LogP contribution in [0.1, 0.15) is 17.7 Å². The summed E-state index contributed by atoms with van der Waals surface area (Å²) in [6.45, 7) is 2.06. The number of thiophene rings is 1. The highest BCUT2D eigenvalue weighted by Crippen LogP contribution is 2.22. The maximum absolute atomic E-state index is 12.2. The van der Waals surface area contributed by atoms with Gasteiger partial charge in [-0.3, -0.25) is 14.5 Å². The van der Waals surface area contributed by atoms with Gasteiger partial charge in [0.2, 0.25) is 5.91 Å².